The van der Waals surface area contributed by atoms with E-state index in [1.54, 1.807) is 0 Å². The summed E-state index contributed by atoms with van der Waals surface area (Å²) in [6.07, 6.45) is 2.71. The third-order valence-electron chi connectivity index (χ3n) is 2.35. The fraction of sp³-hybridized carbons (Fsp3) is 1.00. The Morgan fingerprint density at radius 2 is 1.86 bits per heavy atom. The molecule has 0 rings (SSSR count). The number of rotatable bonds is 8. The molecule has 0 aliphatic carbocycles. The molecule has 0 saturated carbocycles. The number of hydrogen-bond acceptors (Lipinski definition) is 4. The largest absolute Gasteiger partial charge is 0.394 e. The van der Waals surface area contributed by atoms with Gasteiger partial charge in [0, 0.05) is 6.04 Å². The van der Waals surface area contributed by atoms with Gasteiger partial charge in [-0.2, -0.15) is 0 Å². The van der Waals surface area contributed by atoms with Crippen LogP contribution in [0, 0.1) is 0 Å². The van der Waals surface area contributed by atoms with Crippen molar-refractivity contribution in [1.29, 1.82) is 0 Å². The lowest BCUT2D eigenvalue weighted by molar-refractivity contribution is 0.0547. The molecule has 4 nitrogen and oxygen atoms in total. The second kappa shape index (κ2) is 8.17. The average molecular weight is 205 g/mol. The van der Waals surface area contributed by atoms with Gasteiger partial charge in [0.1, 0.15) is 0 Å². The molecule has 0 aromatic carbocycles. The van der Waals surface area contributed by atoms with E-state index in [0.29, 0.717) is 6.42 Å². The van der Waals surface area contributed by atoms with Crippen LogP contribution >= 0.6 is 0 Å². The molecule has 0 spiro atoms. The Kier molecular flexibility index (Phi) is 8.08. The van der Waals surface area contributed by atoms with Gasteiger partial charge in [-0.15, -0.1) is 0 Å². The summed E-state index contributed by atoms with van der Waals surface area (Å²) in [6, 6.07) is -0.436. The van der Waals surface area contributed by atoms with E-state index in [2.05, 4.69) is 6.92 Å². The Hall–Kier alpha value is -0.160. The van der Waals surface area contributed by atoms with Crippen molar-refractivity contribution in [2.75, 3.05) is 6.61 Å². The highest BCUT2D eigenvalue weighted by Gasteiger charge is 2.17. The van der Waals surface area contributed by atoms with Crippen molar-refractivity contribution in [3.63, 3.8) is 0 Å². The molecule has 0 fully saturated rings. The minimum Gasteiger partial charge on any atom is -0.394 e. The van der Waals surface area contributed by atoms with Gasteiger partial charge in [-0.25, -0.2) is 0 Å². The summed E-state index contributed by atoms with van der Waals surface area (Å²) in [5.41, 5.74) is 5.65. The number of aliphatic hydroxyl groups is 3. The van der Waals surface area contributed by atoms with Gasteiger partial charge in [-0.3, -0.25) is 0 Å². The molecular weight excluding hydrogens is 182 g/mol. The van der Waals surface area contributed by atoms with Crippen LogP contribution < -0.4 is 5.73 Å². The van der Waals surface area contributed by atoms with Crippen molar-refractivity contribution in [3.05, 3.63) is 0 Å². The van der Waals surface area contributed by atoms with Gasteiger partial charge in [0.25, 0.3) is 0 Å². The highest BCUT2D eigenvalue weighted by Crippen LogP contribution is 2.09. The molecule has 5 N–H and O–H groups in total. The molecule has 0 bridgehead atoms. The smallest absolute Gasteiger partial charge is 0.0786 e. The van der Waals surface area contributed by atoms with Crippen molar-refractivity contribution >= 4 is 0 Å². The Balaban J connectivity index is 3.58. The summed E-state index contributed by atoms with van der Waals surface area (Å²) in [6.45, 7) is 1.80. The lowest BCUT2D eigenvalue weighted by Gasteiger charge is -2.20. The molecule has 86 valence electrons. The predicted molar refractivity (Wildman–Crippen MR) is 55.8 cm³/mol. The van der Waals surface area contributed by atoms with Gasteiger partial charge < -0.3 is 21.1 Å². The Bertz CT molecular complexity index is 133. The summed E-state index contributed by atoms with van der Waals surface area (Å²) in [5.74, 6) is 0. The van der Waals surface area contributed by atoms with Crippen molar-refractivity contribution in [2.45, 2.75) is 57.3 Å². The quantitative estimate of drug-likeness (QED) is 0.420. The van der Waals surface area contributed by atoms with Crippen LogP contribution in [0.25, 0.3) is 0 Å². The molecule has 0 aromatic heterocycles. The second-order valence-corrected chi connectivity index (χ2v) is 3.80. The molecule has 0 aromatic rings. The molecule has 3 atom stereocenters. The first-order valence-corrected chi connectivity index (χ1v) is 5.34. The van der Waals surface area contributed by atoms with E-state index < -0.39 is 18.2 Å². The second-order valence-electron chi connectivity index (χ2n) is 3.80. The average Bonchev–Trinajstić information content (AvgIpc) is 2.17. The van der Waals surface area contributed by atoms with Gasteiger partial charge in [0.05, 0.1) is 18.8 Å². The van der Waals surface area contributed by atoms with Crippen LogP contribution in [-0.4, -0.2) is 40.2 Å². The van der Waals surface area contributed by atoms with E-state index in [-0.39, 0.29) is 13.0 Å². The normalized spacial score (nSPS) is 17.8. The lowest BCUT2D eigenvalue weighted by Crippen LogP contribution is -2.38. The van der Waals surface area contributed by atoms with Crippen molar-refractivity contribution in [2.24, 2.45) is 5.73 Å². The van der Waals surface area contributed by atoms with Crippen molar-refractivity contribution < 1.29 is 15.3 Å². The molecule has 0 amide bonds. The molecule has 0 saturated heterocycles. The van der Waals surface area contributed by atoms with Gasteiger partial charge in [-0.05, 0) is 12.8 Å². The molecule has 0 radical (unpaired) electrons. The van der Waals surface area contributed by atoms with Crippen molar-refractivity contribution in [1.82, 2.24) is 0 Å². The van der Waals surface area contributed by atoms with E-state index in [0.717, 1.165) is 19.3 Å². The monoisotopic (exact) mass is 205 g/mol. The molecule has 0 aliphatic heterocycles. The summed E-state index contributed by atoms with van der Waals surface area (Å²) in [4.78, 5) is 0. The molecular formula is C10H23NO3. The van der Waals surface area contributed by atoms with E-state index in [4.69, 9.17) is 15.9 Å². The SMILES string of the molecule is CCCCC[C@@H](O)[C@H](N)C[C@@H](O)CO. The molecule has 0 unspecified atom stereocenters. The fourth-order valence-electron chi connectivity index (χ4n) is 1.36. The number of nitrogens with two attached hydrogens (primary N) is 1. The van der Waals surface area contributed by atoms with E-state index in [9.17, 15) is 5.11 Å². The van der Waals surface area contributed by atoms with Crippen LogP contribution in [0.1, 0.15) is 39.0 Å². The first kappa shape index (κ1) is 13.8. The van der Waals surface area contributed by atoms with Gasteiger partial charge in [0.15, 0.2) is 0 Å². The van der Waals surface area contributed by atoms with E-state index in [1.807, 2.05) is 0 Å². The maximum Gasteiger partial charge on any atom is 0.0786 e. The third kappa shape index (κ3) is 6.32. The van der Waals surface area contributed by atoms with Gasteiger partial charge in [0.2, 0.25) is 0 Å². The van der Waals surface area contributed by atoms with Crippen LogP contribution in [-0.2, 0) is 0 Å². The van der Waals surface area contributed by atoms with Crippen LogP contribution in [0.3, 0.4) is 0 Å². The fourth-order valence-corrected chi connectivity index (χ4v) is 1.36. The van der Waals surface area contributed by atoms with Crippen LogP contribution in [0.4, 0.5) is 0 Å². The third-order valence-corrected chi connectivity index (χ3v) is 2.35. The standard InChI is InChI=1S/C10H23NO3/c1-2-3-4-5-10(14)9(11)6-8(13)7-12/h8-10,12-14H,2-7,11H2,1H3/t8-,9-,10-/m1/s1. The van der Waals surface area contributed by atoms with Gasteiger partial charge in [-0.1, -0.05) is 26.2 Å². The first-order valence-electron chi connectivity index (χ1n) is 5.34. The Labute approximate surface area is 85.7 Å². The summed E-state index contributed by atoms with van der Waals surface area (Å²) >= 11 is 0. The zero-order valence-corrected chi connectivity index (χ0v) is 8.89. The number of aliphatic hydroxyl groups excluding tert-OH is 3. The highest BCUT2D eigenvalue weighted by atomic mass is 16.3. The molecule has 0 aliphatic rings. The zero-order valence-electron chi connectivity index (χ0n) is 8.89. The minimum atomic E-state index is -0.814. The van der Waals surface area contributed by atoms with E-state index in [1.165, 1.54) is 0 Å². The predicted octanol–water partition coefficient (Wildman–Crippen LogP) is -0.00180. The topological polar surface area (TPSA) is 86.7 Å². The van der Waals surface area contributed by atoms with Crippen LogP contribution in [0.2, 0.25) is 0 Å². The summed E-state index contributed by atoms with van der Waals surface area (Å²) < 4.78 is 0. The van der Waals surface area contributed by atoms with Crippen molar-refractivity contribution in [3.8, 4) is 0 Å². The Morgan fingerprint density at radius 3 is 2.36 bits per heavy atom. The first-order chi connectivity index (χ1) is 6.61. The Morgan fingerprint density at radius 1 is 1.21 bits per heavy atom. The minimum absolute atomic E-state index is 0.254. The molecule has 0 heterocycles. The van der Waals surface area contributed by atoms with Crippen LogP contribution in [0.15, 0.2) is 0 Å². The number of unbranched alkanes of at least 4 members (excludes halogenated alkanes) is 2. The lowest BCUT2D eigenvalue weighted by atomic mass is 10.00. The number of hydrogen-bond donors (Lipinski definition) is 4. The maximum absolute atomic E-state index is 9.57. The maximum atomic E-state index is 9.57. The molecule has 4 heteroatoms. The molecule has 14 heavy (non-hydrogen) atoms. The van der Waals surface area contributed by atoms with Gasteiger partial charge >= 0.3 is 0 Å². The summed E-state index contributed by atoms with van der Waals surface area (Å²) in [5, 5.41) is 27.3. The van der Waals surface area contributed by atoms with E-state index >= 15 is 0 Å². The van der Waals surface area contributed by atoms with Crippen LogP contribution in [0.5, 0.6) is 0 Å². The zero-order chi connectivity index (χ0) is 11.0. The highest BCUT2D eigenvalue weighted by molar-refractivity contribution is 4.74. The summed E-state index contributed by atoms with van der Waals surface area (Å²) in [7, 11) is 0.